The van der Waals surface area contributed by atoms with Crippen molar-refractivity contribution >= 4 is 35.6 Å². The Morgan fingerprint density at radius 2 is 1.42 bits per heavy atom. The number of hydrogen-bond acceptors (Lipinski definition) is 11. The van der Waals surface area contributed by atoms with Gasteiger partial charge < -0.3 is 34.6 Å². The molecule has 0 amide bonds. The summed E-state index contributed by atoms with van der Waals surface area (Å²) in [6, 6.07) is 5.81. The van der Waals surface area contributed by atoms with Crippen LogP contribution in [-0.2, 0) is 28.6 Å². The van der Waals surface area contributed by atoms with Gasteiger partial charge in [0.2, 0.25) is 0 Å². The zero-order chi connectivity index (χ0) is 23.4. The third kappa shape index (κ3) is 7.83. The van der Waals surface area contributed by atoms with Crippen molar-refractivity contribution in [2.45, 2.75) is 42.3 Å². The maximum absolute atomic E-state index is 11.9. The lowest BCUT2D eigenvalue weighted by atomic mass is 10.1. The Balaban J connectivity index is 3.57. The first-order valence-electron chi connectivity index (χ1n) is 9.20. The molecule has 0 saturated carbocycles. The topological polar surface area (TPSA) is 177 Å². The largest absolute Gasteiger partial charge is 0.478 e. The Morgan fingerprint density at radius 3 is 1.84 bits per heavy atom. The third-order valence-electron chi connectivity index (χ3n) is 3.76. The molecule has 0 fully saturated rings. The summed E-state index contributed by atoms with van der Waals surface area (Å²) in [6.45, 7) is -1.66. The van der Waals surface area contributed by atoms with Crippen molar-refractivity contribution in [2.24, 2.45) is 0 Å². The van der Waals surface area contributed by atoms with Gasteiger partial charge in [-0.2, -0.15) is 0 Å². The summed E-state index contributed by atoms with van der Waals surface area (Å²) in [7, 11) is 0. The summed E-state index contributed by atoms with van der Waals surface area (Å²) < 4.78 is 15.0. The molecule has 0 heterocycles. The van der Waals surface area contributed by atoms with Crippen LogP contribution in [-0.4, -0.2) is 75.3 Å². The first kappa shape index (κ1) is 26.4. The molecule has 1 atom stereocenters. The minimum Gasteiger partial charge on any atom is -0.478 e. The Bertz CT molecular complexity index is 734. The van der Waals surface area contributed by atoms with Crippen LogP contribution in [0.5, 0.6) is 0 Å². The summed E-state index contributed by atoms with van der Waals surface area (Å²) >= 11 is 0.791. The van der Waals surface area contributed by atoms with Crippen molar-refractivity contribution in [1.82, 2.24) is 0 Å². The molecule has 0 saturated heterocycles. The third-order valence-corrected chi connectivity index (χ3v) is 5.18. The van der Waals surface area contributed by atoms with E-state index in [4.69, 9.17) is 29.5 Å². The molecular formula is C19H24O11S. The molecule has 0 spiro atoms. The van der Waals surface area contributed by atoms with Gasteiger partial charge in [-0.1, -0.05) is 31.9 Å². The van der Waals surface area contributed by atoms with Crippen LogP contribution >= 0.6 is 11.8 Å². The number of carbonyl (C=O) groups excluding carboxylic acids is 3. The van der Waals surface area contributed by atoms with Gasteiger partial charge in [-0.3, -0.25) is 0 Å². The van der Waals surface area contributed by atoms with Gasteiger partial charge in [-0.05, 0) is 18.6 Å². The minimum atomic E-state index is -2.79. The van der Waals surface area contributed by atoms with Gasteiger partial charge in [0, 0.05) is 4.90 Å². The van der Waals surface area contributed by atoms with Gasteiger partial charge in [0.1, 0.15) is 25.1 Å². The van der Waals surface area contributed by atoms with Crippen molar-refractivity contribution in [3.63, 3.8) is 0 Å². The van der Waals surface area contributed by atoms with E-state index in [0.717, 1.165) is 11.8 Å². The molecule has 172 valence electrons. The molecule has 0 aromatic heterocycles. The Kier molecular flexibility index (Phi) is 11.0. The fourth-order valence-electron chi connectivity index (χ4n) is 2.43. The van der Waals surface area contributed by atoms with Gasteiger partial charge in [0.25, 0.3) is 0 Å². The fourth-order valence-corrected chi connectivity index (χ4v) is 3.75. The lowest BCUT2D eigenvalue weighted by Gasteiger charge is -2.36. The van der Waals surface area contributed by atoms with E-state index in [0.29, 0.717) is 12.8 Å². The number of hydrogen-bond donors (Lipinski definition) is 4. The number of esters is 3. The van der Waals surface area contributed by atoms with Crippen LogP contribution in [0.15, 0.2) is 29.2 Å². The van der Waals surface area contributed by atoms with E-state index in [-0.39, 0.29) is 16.9 Å². The van der Waals surface area contributed by atoms with Crippen LogP contribution in [0.4, 0.5) is 0 Å². The van der Waals surface area contributed by atoms with Crippen LogP contribution in [0.3, 0.4) is 0 Å². The Hall–Kier alpha value is -2.67. The lowest BCUT2D eigenvalue weighted by molar-refractivity contribution is -0.331. The fraction of sp³-hybridized carbons (Fsp3) is 0.474. The van der Waals surface area contributed by atoms with E-state index in [2.05, 4.69) is 0 Å². The molecule has 0 aliphatic carbocycles. The summed E-state index contributed by atoms with van der Waals surface area (Å²) in [5.41, 5.74) is -0.113. The minimum absolute atomic E-state index is 0.0885. The second kappa shape index (κ2) is 12.9. The number of carboxylic acids is 1. The molecular weight excluding hydrogens is 436 g/mol. The van der Waals surface area contributed by atoms with Crippen LogP contribution in [0, 0.1) is 0 Å². The number of carbonyl (C=O) groups is 4. The van der Waals surface area contributed by atoms with E-state index in [9.17, 15) is 24.3 Å². The summed E-state index contributed by atoms with van der Waals surface area (Å²) in [5.74, 6) is -8.03. The second-order valence-corrected chi connectivity index (χ2v) is 7.29. The number of unbranched alkanes of at least 4 members (excludes halogenated alkanes) is 1. The van der Waals surface area contributed by atoms with Gasteiger partial charge in [-0.15, -0.1) is 11.8 Å². The number of benzene rings is 1. The maximum Gasteiger partial charge on any atom is 0.436 e. The molecule has 0 aliphatic rings. The molecule has 0 radical (unpaired) electrons. The number of carboxylic acid groups (broad SMARTS) is 1. The number of aromatic carboxylic acids is 1. The molecule has 11 nitrogen and oxygen atoms in total. The van der Waals surface area contributed by atoms with Crippen molar-refractivity contribution in [3.05, 3.63) is 29.8 Å². The van der Waals surface area contributed by atoms with Gasteiger partial charge in [0.05, 0.1) is 5.56 Å². The number of aliphatic hydroxyl groups excluding tert-OH is 3. The van der Waals surface area contributed by atoms with E-state index >= 15 is 0 Å². The van der Waals surface area contributed by atoms with Gasteiger partial charge in [-0.25, -0.2) is 19.2 Å². The highest BCUT2D eigenvalue weighted by molar-refractivity contribution is 8.00. The molecule has 1 aromatic rings. The molecule has 0 bridgehead atoms. The summed E-state index contributed by atoms with van der Waals surface area (Å²) in [6.07, 6.45) is 1.15. The van der Waals surface area contributed by atoms with Crippen LogP contribution in [0.2, 0.25) is 0 Å². The Labute approximate surface area is 181 Å². The van der Waals surface area contributed by atoms with Crippen LogP contribution in [0.1, 0.15) is 36.5 Å². The highest BCUT2D eigenvalue weighted by Crippen LogP contribution is 2.39. The number of thioether (sulfide) groups is 1. The molecule has 31 heavy (non-hydrogen) atoms. The van der Waals surface area contributed by atoms with E-state index in [1.54, 1.807) is 6.07 Å². The number of aliphatic hydroxyl groups is 3. The van der Waals surface area contributed by atoms with E-state index in [1.807, 2.05) is 6.92 Å². The zero-order valence-corrected chi connectivity index (χ0v) is 17.5. The molecule has 0 aliphatic heterocycles. The van der Waals surface area contributed by atoms with Crippen molar-refractivity contribution < 1.29 is 53.8 Å². The summed E-state index contributed by atoms with van der Waals surface area (Å²) in [5, 5.41) is 35.5. The Morgan fingerprint density at radius 1 is 0.935 bits per heavy atom. The second-order valence-electron chi connectivity index (χ2n) is 6.05. The first-order valence-corrected chi connectivity index (χ1v) is 10.1. The highest BCUT2D eigenvalue weighted by Gasteiger charge is 2.52. The maximum atomic E-state index is 11.9. The van der Waals surface area contributed by atoms with Crippen molar-refractivity contribution in [3.8, 4) is 0 Å². The summed E-state index contributed by atoms with van der Waals surface area (Å²) in [4.78, 5) is 47.4. The predicted octanol–water partition coefficient (Wildman–Crippen LogP) is 0.296. The normalized spacial score (nSPS) is 12.0. The van der Waals surface area contributed by atoms with Crippen molar-refractivity contribution in [2.75, 3.05) is 19.8 Å². The SMILES string of the molecule is CCCCC(Sc1ccccc1C(=O)O)C(OC(=O)CO)(OC(=O)CO)OC(=O)CO. The van der Waals surface area contributed by atoms with Crippen LogP contribution < -0.4 is 0 Å². The smallest absolute Gasteiger partial charge is 0.436 e. The van der Waals surface area contributed by atoms with Crippen molar-refractivity contribution in [1.29, 1.82) is 0 Å². The number of ether oxygens (including phenoxy) is 3. The highest BCUT2D eigenvalue weighted by atomic mass is 32.2. The lowest BCUT2D eigenvalue weighted by Crippen LogP contribution is -2.53. The van der Waals surface area contributed by atoms with E-state index < -0.39 is 54.9 Å². The quantitative estimate of drug-likeness (QED) is 0.180. The molecule has 1 unspecified atom stereocenters. The van der Waals surface area contributed by atoms with E-state index in [1.165, 1.54) is 18.2 Å². The predicted molar refractivity (Wildman–Crippen MR) is 105 cm³/mol. The average Bonchev–Trinajstić information content (AvgIpc) is 2.76. The molecule has 1 aromatic carbocycles. The molecule has 1 rings (SSSR count). The molecule has 12 heteroatoms. The molecule has 4 N–H and O–H groups in total. The van der Waals surface area contributed by atoms with Gasteiger partial charge >= 0.3 is 29.9 Å². The monoisotopic (exact) mass is 460 g/mol. The standard InChI is InChI=1S/C19H24O11S/c1-2-3-8-14(31-13-7-5-4-6-12(13)18(26)27)19(28-15(23)9-20,29-16(24)10-21)30-17(25)11-22/h4-7,14,20-22H,2-3,8-11H2,1H3,(H,26,27). The number of rotatable bonds is 13. The average molecular weight is 460 g/mol. The van der Waals surface area contributed by atoms with Gasteiger partial charge in [0.15, 0.2) is 0 Å². The zero-order valence-electron chi connectivity index (χ0n) is 16.7. The first-order chi connectivity index (χ1) is 14.7. The van der Waals surface area contributed by atoms with Crippen LogP contribution in [0.25, 0.3) is 0 Å².